The molecule has 1 fully saturated rings. The number of aromatic nitrogens is 1. The van der Waals surface area contributed by atoms with Gasteiger partial charge in [-0.3, -0.25) is 0 Å². The van der Waals surface area contributed by atoms with E-state index in [0.29, 0.717) is 0 Å². The summed E-state index contributed by atoms with van der Waals surface area (Å²) in [5, 5.41) is 1.35. The van der Waals surface area contributed by atoms with Crippen molar-refractivity contribution in [3.63, 3.8) is 0 Å². The van der Waals surface area contributed by atoms with E-state index in [1.165, 1.54) is 46.8 Å². The normalized spacial score (nSPS) is 16.3. The lowest BCUT2D eigenvalue weighted by molar-refractivity contribution is 0.717. The molecular weight excluding hydrogens is 306 g/mol. The number of hydrogen-bond donors (Lipinski definition) is 0. The Morgan fingerprint density at radius 2 is 2.06 bits per heavy atom. The SMILES string of the molecule is Cc1sc(C2CCCC2)nc1-c1cccc(Br)c1. The topological polar surface area (TPSA) is 12.9 Å². The summed E-state index contributed by atoms with van der Waals surface area (Å²) in [4.78, 5) is 6.24. The fourth-order valence-electron chi connectivity index (χ4n) is 2.67. The average molecular weight is 322 g/mol. The first kappa shape index (κ1) is 12.4. The van der Waals surface area contributed by atoms with Crippen molar-refractivity contribution < 1.29 is 0 Å². The lowest BCUT2D eigenvalue weighted by Crippen LogP contribution is -1.90. The number of aryl methyl sites for hydroxylation is 1. The van der Waals surface area contributed by atoms with Crippen molar-refractivity contribution in [3.05, 3.63) is 38.6 Å². The molecule has 94 valence electrons. The fraction of sp³-hybridized carbons (Fsp3) is 0.400. The molecule has 0 N–H and O–H groups in total. The van der Waals surface area contributed by atoms with Crippen molar-refractivity contribution in [2.75, 3.05) is 0 Å². The minimum atomic E-state index is 0.717. The average Bonchev–Trinajstić information content (AvgIpc) is 2.97. The Kier molecular flexibility index (Phi) is 3.53. The quantitative estimate of drug-likeness (QED) is 0.707. The van der Waals surface area contributed by atoms with E-state index in [9.17, 15) is 0 Å². The summed E-state index contributed by atoms with van der Waals surface area (Å²) in [7, 11) is 0. The first-order valence-electron chi connectivity index (χ1n) is 6.47. The second-order valence-electron chi connectivity index (χ2n) is 4.95. The second kappa shape index (κ2) is 5.14. The van der Waals surface area contributed by atoms with E-state index in [-0.39, 0.29) is 0 Å². The van der Waals surface area contributed by atoms with E-state index in [0.717, 1.165) is 10.4 Å². The molecule has 0 radical (unpaired) electrons. The van der Waals surface area contributed by atoms with Crippen LogP contribution in [-0.2, 0) is 0 Å². The molecule has 1 heterocycles. The van der Waals surface area contributed by atoms with Crippen LogP contribution in [0.1, 0.15) is 41.5 Å². The predicted octanol–water partition coefficient (Wildman–Crippen LogP) is 5.54. The van der Waals surface area contributed by atoms with Gasteiger partial charge in [-0.25, -0.2) is 4.98 Å². The molecule has 1 aromatic heterocycles. The molecule has 3 heteroatoms. The third-order valence-corrected chi connectivity index (χ3v) is 5.24. The summed E-state index contributed by atoms with van der Waals surface area (Å²) in [6.07, 6.45) is 5.39. The van der Waals surface area contributed by atoms with Crippen LogP contribution in [0.4, 0.5) is 0 Å². The highest BCUT2D eigenvalue weighted by Gasteiger charge is 2.21. The smallest absolute Gasteiger partial charge is 0.0966 e. The van der Waals surface area contributed by atoms with Gasteiger partial charge >= 0.3 is 0 Å². The van der Waals surface area contributed by atoms with Gasteiger partial charge in [-0.15, -0.1) is 11.3 Å². The van der Waals surface area contributed by atoms with Crippen LogP contribution in [0.25, 0.3) is 11.3 Å². The van der Waals surface area contributed by atoms with Gasteiger partial charge in [-0.2, -0.15) is 0 Å². The molecule has 0 unspecified atom stereocenters. The summed E-state index contributed by atoms with van der Waals surface area (Å²) in [6, 6.07) is 8.43. The molecule has 1 aromatic carbocycles. The summed E-state index contributed by atoms with van der Waals surface area (Å²) < 4.78 is 1.12. The summed E-state index contributed by atoms with van der Waals surface area (Å²) in [6.45, 7) is 2.19. The number of benzene rings is 1. The van der Waals surface area contributed by atoms with Gasteiger partial charge in [0.2, 0.25) is 0 Å². The monoisotopic (exact) mass is 321 g/mol. The van der Waals surface area contributed by atoms with E-state index >= 15 is 0 Å². The van der Waals surface area contributed by atoms with E-state index in [1.54, 1.807) is 0 Å². The van der Waals surface area contributed by atoms with Crippen LogP contribution >= 0.6 is 27.3 Å². The Balaban J connectivity index is 1.97. The van der Waals surface area contributed by atoms with Gasteiger partial charge in [0.25, 0.3) is 0 Å². The lowest BCUT2D eigenvalue weighted by Gasteiger charge is -2.03. The molecule has 0 saturated heterocycles. The molecular formula is C15H16BrNS. The first-order valence-corrected chi connectivity index (χ1v) is 8.08. The van der Waals surface area contributed by atoms with E-state index in [1.807, 2.05) is 11.3 Å². The fourth-order valence-corrected chi connectivity index (χ4v) is 4.18. The molecule has 0 atom stereocenters. The molecule has 3 rings (SSSR count). The van der Waals surface area contributed by atoms with E-state index < -0.39 is 0 Å². The second-order valence-corrected chi connectivity index (χ2v) is 7.10. The van der Waals surface area contributed by atoms with Crippen molar-refractivity contribution in [2.24, 2.45) is 0 Å². The van der Waals surface area contributed by atoms with Crippen LogP contribution < -0.4 is 0 Å². The Hall–Kier alpha value is -0.670. The van der Waals surface area contributed by atoms with Crippen molar-refractivity contribution in [1.82, 2.24) is 4.98 Å². The third kappa shape index (κ3) is 2.39. The van der Waals surface area contributed by atoms with Gasteiger partial charge in [0, 0.05) is 20.8 Å². The minimum absolute atomic E-state index is 0.717. The highest BCUT2D eigenvalue weighted by molar-refractivity contribution is 9.10. The van der Waals surface area contributed by atoms with E-state index in [2.05, 4.69) is 47.1 Å². The van der Waals surface area contributed by atoms with Crippen molar-refractivity contribution in [2.45, 2.75) is 38.5 Å². The number of thiazole rings is 1. The molecule has 1 aliphatic carbocycles. The molecule has 2 aromatic rings. The van der Waals surface area contributed by atoms with Crippen molar-refractivity contribution in [3.8, 4) is 11.3 Å². The van der Waals surface area contributed by atoms with Gasteiger partial charge in [-0.05, 0) is 31.9 Å². The van der Waals surface area contributed by atoms with Crippen molar-refractivity contribution in [1.29, 1.82) is 0 Å². The van der Waals surface area contributed by atoms with Crippen LogP contribution in [0, 0.1) is 6.92 Å². The van der Waals surface area contributed by atoms with E-state index in [4.69, 9.17) is 4.98 Å². The van der Waals surface area contributed by atoms with Crippen LogP contribution in [0.3, 0.4) is 0 Å². The van der Waals surface area contributed by atoms with Crippen molar-refractivity contribution >= 4 is 27.3 Å². The Bertz CT molecular complexity index is 555. The molecule has 0 aliphatic heterocycles. The zero-order chi connectivity index (χ0) is 12.5. The highest BCUT2D eigenvalue weighted by atomic mass is 79.9. The largest absolute Gasteiger partial charge is 0.241 e. The van der Waals surface area contributed by atoms with Gasteiger partial charge in [-0.1, -0.05) is 40.9 Å². The Morgan fingerprint density at radius 3 is 2.78 bits per heavy atom. The maximum Gasteiger partial charge on any atom is 0.0966 e. The Morgan fingerprint density at radius 1 is 1.28 bits per heavy atom. The van der Waals surface area contributed by atoms with Crippen LogP contribution in [0.15, 0.2) is 28.7 Å². The maximum atomic E-state index is 4.90. The molecule has 18 heavy (non-hydrogen) atoms. The third-order valence-electron chi connectivity index (χ3n) is 3.62. The summed E-state index contributed by atoms with van der Waals surface area (Å²) in [5.41, 5.74) is 2.39. The first-order chi connectivity index (χ1) is 8.74. The predicted molar refractivity (Wildman–Crippen MR) is 81.2 cm³/mol. The van der Waals surface area contributed by atoms with Gasteiger partial charge in [0.15, 0.2) is 0 Å². The standard InChI is InChI=1S/C15H16BrNS/c1-10-14(12-7-4-8-13(16)9-12)17-15(18-10)11-5-2-3-6-11/h4,7-9,11H,2-3,5-6H2,1H3. The molecule has 0 spiro atoms. The van der Waals surface area contributed by atoms with Crippen LogP contribution in [0.2, 0.25) is 0 Å². The van der Waals surface area contributed by atoms with Crippen LogP contribution in [0.5, 0.6) is 0 Å². The molecule has 1 aliphatic rings. The lowest BCUT2D eigenvalue weighted by atomic mass is 10.1. The molecule has 0 bridgehead atoms. The van der Waals surface area contributed by atoms with Gasteiger partial charge in [0.05, 0.1) is 10.7 Å². The number of hydrogen-bond acceptors (Lipinski definition) is 2. The maximum absolute atomic E-state index is 4.90. The minimum Gasteiger partial charge on any atom is -0.241 e. The number of nitrogens with zero attached hydrogens (tertiary/aromatic N) is 1. The molecule has 1 nitrogen and oxygen atoms in total. The molecule has 1 saturated carbocycles. The zero-order valence-corrected chi connectivity index (χ0v) is 12.9. The van der Waals surface area contributed by atoms with Gasteiger partial charge in [0.1, 0.15) is 0 Å². The van der Waals surface area contributed by atoms with Crippen LogP contribution in [-0.4, -0.2) is 4.98 Å². The number of rotatable bonds is 2. The summed E-state index contributed by atoms with van der Waals surface area (Å²) in [5.74, 6) is 0.717. The Labute approximate surface area is 120 Å². The molecule has 0 amide bonds. The summed E-state index contributed by atoms with van der Waals surface area (Å²) >= 11 is 5.42. The zero-order valence-electron chi connectivity index (χ0n) is 10.4. The van der Waals surface area contributed by atoms with Gasteiger partial charge < -0.3 is 0 Å². The highest BCUT2D eigenvalue weighted by Crippen LogP contribution is 2.39. The number of halogens is 1.